The Labute approximate surface area is 158 Å². The quantitative estimate of drug-likeness (QED) is 0.379. The van der Waals surface area contributed by atoms with Crippen LogP contribution in [0.25, 0.3) is 0 Å². The van der Waals surface area contributed by atoms with Crippen LogP contribution in [-0.4, -0.2) is 47.0 Å². The fraction of sp³-hybridized carbons (Fsp3) is 0.429. The molecule has 4 amide bonds. The highest BCUT2D eigenvalue weighted by atomic mass is 35.5. The molecule has 0 bridgehead atoms. The number of rotatable bonds is 6. The molecule has 0 saturated carbocycles. The molecule has 1 aliphatic rings. The first-order chi connectivity index (χ1) is 10.9. The van der Waals surface area contributed by atoms with Crippen molar-refractivity contribution in [2.45, 2.75) is 20.8 Å². The average Bonchev–Trinajstić information content (AvgIpc) is 2.68. The number of halogens is 4. The number of hydrogen-bond donors (Lipinski definition) is 0. The van der Waals surface area contributed by atoms with E-state index in [4.69, 9.17) is 46.4 Å². The van der Waals surface area contributed by atoms with E-state index in [2.05, 4.69) is 0 Å². The minimum atomic E-state index is -0.835. The summed E-state index contributed by atoms with van der Waals surface area (Å²) in [5.74, 6) is -2.22. The van der Waals surface area contributed by atoms with E-state index in [1.807, 2.05) is 0 Å². The molecule has 0 saturated heterocycles. The van der Waals surface area contributed by atoms with Crippen molar-refractivity contribution in [3.63, 3.8) is 0 Å². The van der Waals surface area contributed by atoms with Gasteiger partial charge < -0.3 is 0 Å². The molecule has 6 nitrogen and oxygen atoms in total. The minimum absolute atomic E-state index is 0.0407. The molecule has 0 aromatic carbocycles. The van der Waals surface area contributed by atoms with Gasteiger partial charge in [0.15, 0.2) is 0 Å². The first kappa shape index (κ1) is 21.0. The lowest BCUT2D eigenvalue weighted by molar-refractivity contribution is -0.139. The summed E-state index contributed by atoms with van der Waals surface area (Å²) in [6.07, 6.45) is 0.304. The number of nitrogens with zero attached hydrogens (tertiary/aromatic N) is 2. The largest absolute Gasteiger partial charge is 0.280 e. The van der Waals surface area contributed by atoms with Crippen molar-refractivity contribution in [2.75, 3.05) is 13.1 Å². The van der Waals surface area contributed by atoms with Crippen LogP contribution in [0.3, 0.4) is 0 Å². The first-order valence-corrected chi connectivity index (χ1v) is 8.13. The van der Waals surface area contributed by atoms with Crippen molar-refractivity contribution >= 4 is 70.5 Å². The molecule has 0 aromatic rings. The Morgan fingerprint density at radius 2 is 1.62 bits per heavy atom. The van der Waals surface area contributed by atoms with Gasteiger partial charge in [0.05, 0.1) is 0 Å². The van der Waals surface area contributed by atoms with Gasteiger partial charge in [-0.1, -0.05) is 60.3 Å². The summed E-state index contributed by atoms with van der Waals surface area (Å²) < 4.78 is 0. The molecule has 0 aliphatic carbocycles. The molecule has 0 fully saturated rings. The van der Waals surface area contributed by atoms with Crippen LogP contribution in [0, 0.1) is 5.41 Å². The third-order valence-electron chi connectivity index (χ3n) is 3.12. The second kappa shape index (κ2) is 7.87. The van der Waals surface area contributed by atoms with Crippen molar-refractivity contribution in [3.05, 3.63) is 20.1 Å². The van der Waals surface area contributed by atoms with Crippen molar-refractivity contribution in [1.82, 2.24) is 9.80 Å². The summed E-state index contributed by atoms with van der Waals surface area (Å²) in [6, 6.07) is 0. The van der Waals surface area contributed by atoms with Crippen LogP contribution in [0.5, 0.6) is 0 Å². The monoisotopic (exact) mass is 414 g/mol. The maximum Gasteiger partial charge on any atom is 0.274 e. The molecule has 0 atom stereocenters. The number of carbonyl (C=O) groups is 4. The first-order valence-electron chi connectivity index (χ1n) is 6.62. The lowest BCUT2D eigenvalue weighted by atomic mass is 9.92. The topological polar surface area (TPSA) is 74.8 Å². The van der Waals surface area contributed by atoms with E-state index in [0.717, 1.165) is 9.80 Å². The zero-order chi connectivity index (χ0) is 18.8. The molecule has 0 unspecified atom stereocenters. The van der Waals surface area contributed by atoms with E-state index in [9.17, 15) is 19.2 Å². The van der Waals surface area contributed by atoms with E-state index in [-0.39, 0.29) is 33.2 Å². The predicted molar refractivity (Wildman–Crippen MR) is 91.4 cm³/mol. The molecular weight excluding hydrogens is 402 g/mol. The molecule has 132 valence electrons. The third kappa shape index (κ3) is 4.51. The van der Waals surface area contributed by atoms with Crippen LogP contribution in [0.4, 0.5) is 0 Å². The molecule has 0 N–H and O–H groups in total. The lowest BCUT2D eigenvalue weighted by Gasteiger charge is -2.32. The highest BCUT2D eigenvalue weighted by Gasteiger charge is 2.40. The third-order valence-corrected chi connectivity index (χ3v) is 4.65. The maximum absolute atomic E-state index is 12.1. The van der Waals surface area contributed by atoms with Gasteiger partial charge in [0, 0.05) is 23.5 Å². The van der Waals surface area contributed by atoms with Crippen LogP contribution in [-0.2, 0) is 19.2 Å². The Balaban J connectivity index is 2.92. The Hall–Kier alpha value is -1.08. The normalized spacial score (nSPS) is 16.5. The van der Waals surface area contributed by atoms with Crippen LogP contribution < -0.4 is 0 Å². The van der Waals surface area contributed by atoms with Crippen LogP contribution in [0.1, 0.15) is 20.8 Å². The summed E-state index contributed by atoms with van der Waals surface area (Å²) in [4.78, 5) is 48.8. The van der Waals surface area contributed by atoms with Gasteiger partial charge in [0.2, 0.25) is 6.41 Å². The van der Waals surface area contributed by atoms with Crippen molar-refractivity contribution < 1.29 is 19.2 Å². The number of hydrogen-bond acceptors (Lipinski definition) is 4. The predicted octanol–water partition coefficient (Wildman–Crippen LogP) is 2.76. The van der Waals surface area contributed by atoms with Crippen molar-refractivity contribution in [1.29, 1.82) is 0 Å². The van der Waals surface area contributed by atoms with Crippen LogP contribution in [0.2, 0.25) is 0 Å². The summed E-state index contributed by atoms with van der Waals surface area (Å²) in [5, 5.41) is -0.964. The SMILES string of the molecule is C/C(Cl)=C(/Cl)C(=O)N(C=O)CC(C)(C)CN1C(=O)C(Cl)=C(Cl)C1=O. The molecule has 1 aliphatic heterocycles. The van der Waals surface area contributed by atoms with Gasteiger partial charge in [-0.2, -0.15) is 0 Å². The van der Waals surface area contributed by atoms with Crippen molar-refractivity contribution in [2.24, 2.45) is 5.41 Å². The molecule has 0 radical (unpaired) electrons. The van der Waals surface area contributed by atoms with Gasteiger partial charge in [-0.05, 0) is 6.92 Å². The average molecular weight is 416 g/mol. The Morgan fingerprint density at radius 1 is 1.17 bits per heavy atom. The van der Waals surface area contributed by atoms with Gasteiger partial charge in [-0.25, -0.2) is 0 Å². The summed E-state index contributed by atoms with van der Waals surface area (Å²) in [5.41, 5.74) is -0.835. The zero-order valence-corrected chi connectivity index (χ0v) is 16.1. The van der Waals surface area contributed by atoms with E-state index in [1.54, 1.807) is 13.8 Å². The van der Waals surface area contributed by atoms with E-state index in [1.165, 1.54) is 6.92 Å². The second-order valence-electron chi connectivity index (χ2n) is 5.87. The van der Waals surface area contributed by atoms with Crippen LogP contribution in [0.15, 0.2) is 20.1 Å². The molecule has 1 rings (SSSR count). The smallest absolute Gasteiger partial charge is 0.274 e. The molecular formula is C14H14Cl4N2O4. The number of amides is 4. The molecule has 10 heteroatoms. The summed E-state index contributed by atoms with van der Waals surface area (Å²) in [7, 11) is 0. The lowest BCUT2D eigenvalue weighted by Crippen LogP contribution is -2.46. The van der Waals surface area contributed by atoms with Gasteiger partial charge >= 0.3 is 0 Å². The maximum atomic E-state index is 12.1. The van der Waals surface area contributed by atoms with Crippen LogP contribution >= 0.6 is 46.4 Å². The fourth-order valence-electron chi connectivity index (χ4n) is 2.03. The minimum Gasteiger partial charge on any atom is -0.280 e. The van der Waals surface area contributed by atoms with E-state index in [0.29, 0.717) is 6.41 Å². The standard InChI is InChI=1S/C14H14Cl4N2O4/c1-7(15)8(16)11(22)19(6-21)4-14(2,3)5-20-12(23)9(17)10(18)13(20)24/h6H,4-5H2,1-3H3/b8-7-. The van der Waals surface area contributed by atoms with Gasteiger partial charge in [0.25, 0.3) is 17.7 Å². The fourth-order valence-corrected chi connectivity index (χ4v) is 2.59. The summed E-state index contributed by atoms with van der Waals surface area (Å²) >= 11 is 22.8. The van der Waals surface area contributed by atoms with Gasteiger partial charge in [-0.15, -0.1) is 0 Å². The van der Waals surface area contributed by atoms with Gasteiger partial charge in [0.1, 0.15) is 15.1 Å². The Morgan fingerprint density at radius 3 is 2.00 bits per heavy atom. The molecule has 1 heterocycles. The van der Waals surface area contributed by atoms with E-state index < -0.39 is 23.1 Å². The zero-order valence-electron chi connectivity index (χ0n) is 13.0. The summed E-state index contributed by atoms with van der Waals surface area (Å²) in [6.45, 7) is 4.51. The van der Waals surface area contributed by atoms with Gasteiger partial charge in [-0.3, -0.25) is 29.0 Å². The molecule has 0 aromatic heterocycles. The number of carbonyl (C=O) groups excluding carboxylic acids is 4. The Kier molecular flexibility index (Phi) is 6.87. The number of allylic oxidation sites excluding steroid dienone is 1. The highest BCUT2D eigenvalue weighted by Crippen LogP contribution is 2.30. The Bertz CT molecular complexity index is 642. The van der Waals surface area contributed by atoms with E-state index >= 15 is 0 Å². The van der Waals surface area contributed by atoms with Crippen molar-refractivity contribution in [3.8, 4) is 0 Å². The highest BCUT2D eigenvalue weighted by molar-refractivity contribution is 6.58. The molecule has 0 spiro atoms. The second-order valence-corrected chi connectivity index (χ2v) is 7.58. The molecule has 24 heavy (non-hydrogen) atoms. The number of imide groups is 2.